The molecule has 7 nitrogen and oxygen atoms in total. The maximum atomic E-state index is 5.70. The van der Waals surface area contributed by atoms with Crippen LogP contribution in [-0.2, 0) is 13.0 Å². The molecule has 0 radical (unpaired) electrons. The van der Waals surface area contributed by atoms with E-state index < -0.39 is 0 Å². The van der Waals surface area contributed by atoms with Gasteiger partial charge in [-0.3, -0.25) is 4.68 Å². The molecular formula is C12H17N7S. The Bertz CT molecular complexity index is 751. The maximum absolute atomic E-state index is 5.70. The first kappa shape index (κ1) is 13.0. The summed E-state index contributed by atoms with van der Waals surface area (Å²) in [6, 6.07) is 0. The second-order valence-corrected chi connectivity index (χ2v) is 5.79. The Balaban J connectivity index is 1.98. The molecule has 20 heavy (non-hydrogen) atoms. The van der Waals surface area contributed by atoms with Gasteiger partial charge in [-0.15, -0.1) is 15.3 Å². The molecule has 0 saturated carbocycles. The second kappa shape index (κ2) is 4.86. The van der Waals surface area contributed by atoms with Gasteiger partial charge in [-0.25, -0.2) is 0 Å². The summed E-state index contributed by atoms with van der Waals surface area (Å²) in [7, 11) is 0. The minimum atomic E-state index is 0.506. The molecule has 3 rings (SSSR count). The Kier molecular flexibility index (Phi) is 3.17. The van der Waals surface area contributed by atoms with Crippen molar-refractivity contribution in [3.05, 3.63) is 22.8 Å². The number of aromatic nitrogens is 6. The van der Waals surface area contributed by atoms with Crippen molar-refractivity contribution in [2.45, 2.75) is 40.2 Å². The number of nitrogens with zero attached hydrogens (tertiary/aromatic N) is 6. The van der Waals surface area contributed by atoms with Crippen LogP contribution in [0.2, 0.25) is 0 Å². The lowest BCUT2D eigenvalue weighted by Crippen LogP contribution is -2.03. The topological polar surface area (TPSA) is 86.9 Å². The van der Waals surface area contributed by atoms with E-state index in [-0.39, 0.29) is 0 Å². The summed E-state index contributed by atoms with van der Waals surface area (Å²) in [5, 5.41) is 17.6. The van der Waals surface area contributed by atoms with Gasteiger partial charge in [-0.1, -0.05) is 18.3 Å². The Hall–Kier alpha value is -1.96. The van der Waals surface area contributed by atoms with Gasteiger partial charge in [0.1, 0.15) is 0 Å². The van der Waals surface area contributed by atoms with Crippen molar-refractivity contribution in [2.75, 3.05) is 5.73 Å². The fourth-order valence-electron chi connectivity index (χ4n) is 2.36. The Morgan fingerprint density at radius 3 is 2.75 bits per heavy atom. The third-order valence-corrected chi connectivity index (χ3v) is 4.10. The van der Waals surface area contributed by atoms with Crippen molar-refractivity contribution in [3.63, 3.8) is 0 Å². The Morgan fingerprint density at radius 1 is 1.20 bits per heavy atom. The molecule has 0 spiro atoms. The highest BCUT2D eigenvalue weighted by molar-refractivity contribution is 7.20. The molecule has 0 unspecified atom stereocenters. The Labute approximate surface area is 120 Å². The zero-order chi connectivity index (χ0) is 14.3. The zero-order valence-corrected chi connectivity index (χ0v) is 12.6. The van der Waals surface area contributed by atoms with E-state index in [1.54, 1.807) is 4.52 Å². The molecule has 0 bridgehead atoms. The predicted molar refractivity (Wildman–Crippen MR) is 77.9 cm³/mol. The normalized spacial score (nSPS) is 11.6. The summed E-state index contributed by atoms with van der Waals surface area (Å²) in [5.74, 6) is 0.801. The van der Waals surface area contributed by atoms with Gasteiger partial charge in [0.05, 0.1) is 5.69 Å². The fourth-order valence-corrected chi connectivity index (χ4v) is 2.98. The van der Waals surface area contributed by atoms with Crippen LogP contribution < -0.4 is 5.73 Å². The molecule has 106 valence electrons. The third kappa shape index (κ3) is 2.05. The van der Waals surface area contributed by atoms with Crippen LogP contribution in [-0.4, -0.2) is 29.6 Å². The first-order chi connectivity index (χ1) is 9.60. The second-order valence-electron chi connectivity index (χ2n) is 4.80. The highest BCUT2D eigenvalue weighted by atomic mass is 32.1. The summed E-state index contributed by atoms with van der Waals surface area (Å²) >= 11 is 1.34. The molecule has 3 aromatic rings. The molecule has 0 fully saturated rings. The third-order valence-electron chi connectivity index (χ3n) is 3.37. The van der Waals surface area contributed by atoms with Gasteiger partial charge >= 0.3 is 0 Å². The van der Waals surface area contributed by atoms with Crippen molar-refractivity contribution in [2.24, 2.45) is 0 Å². The first-order valence-corrected chi connectivity index (χ1v) is 7.41. The molecule has 3 aromatic heterocycles. The molecule has 2 N–H and O–H groups in total. The van der Waals surface area contributed by atoms with Crippen molar-refractivity contribution in [1.29, 1.82) is 0 Å². The van der Waals surface area contributed by atoms with Gasteiger partial charge in [-0.05, 0) is 20.3 Å². The van der Waals surface area contributed by atoms with Crippen LogP contribution in [0.15, 0.2) is 0 Å². The fraction of sp³-hybridized carbons (Fsp3) is 0.500. The smallest absolute Gasteiger partial charge is 0.236 e. The number of nitrogens with two attached hydrogens (primary N) is 1. The number of hydrogen-bond acceptors (Lipinski definition) is 6. The lowest BCUT2D eigenvalue weighted by Gasteiger charge is -2.02. The van der Waals surface area contributed by atoms with E-state index in [4.69, 9.17) is 5.73 Å². The van der Waals surface area contributed by atoms with Gasteiger partial charge < -0.3 is 5.73 Å². The van der Waals surface area contributed by atoms with Gasteiger partial charge in [0, 0.05) is 24.2 Å². The lowest BCUT2D eigenvalue weighted by atomic mass is 10.1. The van der Waals surface area contributed by atoms with E-state index >= 15 is 0 Å². The lowest BCUT2D eigenvalue weighted by molar-refractivity contribution is 0.582. The molecule has 0 amide bonds. The maximum Gasteiger partial charge on any atom is 0.236 e. The highest BCUT2D eigenvalue weighted by Gasteiger charge is 2.16. The van der Waals surface area contributed by atoms with Gasteiger partial charge in [0.15, 0.2) is 5.82 Å². The van der Waals surface area contributed by atoms with Crippen molar-refractivity contribution in [1.82, 2.24) is 29.6 Å². The van der Waals surface area contributed by atoms with Crippen LogP contribution in [0.3, 0.4) is 0 Å². The number of anilines is 1. The van der Waals surface area contributed by atoms with Gasteiger partial charge in [-0.2, -0.15) is 9.61 Å². The molecule has 0 aliphatic rings. The summed E-state index contributed by atoms with van der Waals surface area (Å²) in [6.45, 7) is 7.21. The molecular weight excluding hydrogens is 274 g/mol. The molecule has 0 aliphatic heterocycles. The molecule has 0 saturated heterocycles. The monoisotopic (exact) mass is 291 g/mol. The number of rotatable bonds is 4. The number of fused-ring (bicyclic) bond motifs is 1. The summed E-state index contributed by atoms with van der Waals surface area (Å²) in [4.78, 5) is 0.730. The summed E-state index contributed by atoms with van der Waals surface area (Å²) in [6.07, 6.45) is 1.74. The van der Waals surface area contributed by atoms with Crippen LogP contribution in [0.5, 0.6) is 0 Å². The summed E-state index contributed by atoms with van der Waals surface area (Å²) < 4.78 is 3.77. The average Bonchev–Trinajstić information content (AvgIpc) is 3.01. The SMILES string of the molecule is CCCn1nc(C)c(Cc2nnc3sc(N)nn23)c1C. The average molecular weight is 291 g/mol. The van der Waals surface area contributed by atoms with E-state index in [0.29, 0.717) is 11.6 Å². The number of aryl methyl sites for hydroxylation is 2. The number of hydrogen-bond donors (Lipinski definition) is 1. The first-order valence-electron chi connectivity index (χ1n) is 6.59. The minimum Gasteiger partial charge on any atom is -0.374 e. The van der Waals surface area contributed by atoms with Crippen LogP contribution in [0.4, 0.5) is 5.13 Å². The van der Waals surface area contributed by atoms with E-state index in [1.165, 1.54) is 22.6 Å². The molecule has 3 heterocycles. The van der Waals surface area contributed by atoms with E-state index in [0.717, 1.165) is 29.4 Å². The quantitative estimate of drug-likeness (QED) is 0.788. The predicted octanol–water partition coefficient (Wildman–Crippen LogP) is 1.58. The van der Waals surface area contributed by atoms with Gasteiger partial charge in [0.25, 0.3) is 0 Å². The molecule has 0 aromatic carbocycles. The van der Waals surface area contributed by atoms with Crippen LogP contribution >= 0.6 is 11.3 Å². The van der Waals surface area contributed by atoms with E-state index in [9.17, 15) is 0 Å². The highest BCUT2D eigenvalue weighted by Crippen LogP contribution is 2.20. The largest absolute Gasteiger partial charge is 0.374 e. The van der Waals surface area contributed by atoms with E-state index in [1.807, 2.05) is 6.92 Å². The molecule has 0 atom stereocenters. The van der Waals surface area contributed by atoms with Crippen LogP contribution in [0, 0.1) is 13.8 Å². The summed E-state index contributed by atoms with van der Waals surface area (Å²) in [5.41, 5.74) is 9.12. The standard InChI is InChI=1S/C12H17N7S/c1-4-5-18-8(3)9(7(2)16-18)6-10-14-15-12-19(10)17-11(13)20-12/h4-6H2,1-3H3,(H2,13,17). The van der Waals surface area contributed by atoms with Crippen molar-refractivity contribution in [3.8, 4) is 0 Å². The zero-order valence-electron chi connectivity index (χ0n) is 11.8. The van der Waals surface area contributed by atoms with Crippen molar-refractivity contribution < 1.29 is 0 Å². The molecule has 0 aliphatic carbocycles. The van der Waals surface area contributed by atoms with Gasteiger partial charge in [0.2, 0.25) is 10.1 Å². The van der Waals surface area contributed by atoms with Crippen molar-refractivity contribution >= 4 is 21.4 Å². The minimum absolute atomic E-state index is 0.506. The van der Waals surface area contributed by atoms with Crippen LogP contribution in [0.25, 0.3) is 4.96 Å². The molecule has 8 heteroatoms. The van der Waals surface area contributed by atoms with E-state index in [2.05, 4.69) is 38.9 Å². The Morgan fingerprint density at radius 2 is 2.00 bits per heavy atom. The van der Waals surface area contributed by atoms with Crippen LogP contribution in [0.1, 0.15) is 36.1 Å². The number of nitrogen functional groups attached to an aromatic ring is 1.